The average molecular weight is 314 g/mol. The van der Waals surface area contributed by atoms with Crippen molar-refractivity contribution in [3.63, 3.8) is 0 Å². The largest absolute Gasteiger partial charge is 0.315 e. The summed E-state index contributed by atoms with van der Waals surface area (Å²) in [4.78, 5) is 0.394. The highest BCUT2D eigenvalue weighted by Crippen LogP contribution is 2.24. The molecule has 0 bridgehead atoms. The predicted molar refractivity (Wildman–Crippen MR) is 82.8 cm³/mol. The Morgan fingerprint density at radius 2 is 1.95 bits per heavy atom. The van der Waals surface area contributed by atoms with Crippen LogP contribution >= 0.6 is 0 Å². The summed E-state index contributed by atoms with van der Waals surface area (Å²) in [5.74, 6) is 0.431. The summed E-state index contributed by atoms with van der Waals surface area (Å²) < 4.78 is 29.3. The van der Waals surface area contributed by atoms with Crippen molar-refractivity contribution in [2.45, 2.75) is 45.6 Å². The van der Waals surface area contributed by atoms with Crippen LogP contribution in [0, 0.1) is 19.8 Å². The van der Waals surface area contributed by atoms with Gasteiger partial charge in [-0.1, -0.05) is 13.8 Å². The van der Waals surface area contributed by atoms with E-state index in [4.69, 9.17) is 0 Å². The van der Waals surface area contributed by atoms with Crippen molar-refractivity contribution in [1.29, 1.82) is 0 Å². The number of aryl methyl sites for hydroxylation is 1. The minimum Gasteiger partial charge on any atom is -0.315 e. The molecule has 0 aromatic carbocycles. The molecule has 1 aliphatic rings. The number of hydrogen-bond acceptors (Lipinski definition) is 4. The summed E-state index contributed by atoms with van der Waals surface area (Å²) in [5, 5.41) is 7.66. The van der Waals surface area contributed by atoms with Gasteiger partial charge in [0, 0.05) is 26.2 Å². The molecule has 0 unspecified atom stereocenters. The lowest BCUT2D eigenvalue weighted by Gasteiger charge is -2.20. The van der Waals surface area contributed by atoms with Gasteiger partial charge in [0.1, 0.15) is 4.90 Å². The summed E-state index contributed by atoms with van der Waals surface area (Å²) in [6.45, 7) is 11.3. The van der Waals surface area contributed by atoms with E-state index in [-0.39, 0.29) is 0 Å². The van der Waals surface area contributed by atoms with Gasteiger partial charge < -0.3 is 5.32 Å². The van der Waals surface area contributed by atoms with Crippen molar-refractivity contribution in [2.24, 2.45) is 5.92 Å². The highest BCUT2D eigenvalue weighted by Gasteiger charge is 2.31. The molecule has 0 atom stereocenters. The maximum absolute atomic E-state index is 12.9. The van der Waals surface area contributed by atoms with Crippen LogP contribution in [0.5, 0.6) is 0 Å². The highest BCUT2D eigenvalue weighted by atomic mass is 32.2. The first-order chi connectivity index (χ1) is 9.84. The van der Waals surface area contributed by atoms with Crippen LogP contribution in [-0.4, -0.2) is 48.7 Å². The first kappa shape index (κ1) is 16.5. The molecule has 1 fully saturated rings. The lowest BCUT2D eigenvalue weighted by atomic mass is 10.2. The normalized spacial score (nSPS) is 18.1. The van der Waals surface area contributed by atoms with Crippen LogP contribution in [0.3, 0.4) is 0 Å². The van der Waals surface area contributed by atoms with E-state index >= 15 is 0 Å². The minimum absolute atomic E-state index is 0.394. The summed E-state index contributed by atoms with van der Waals surface area (Å²) in [7, 11) is -3.45. The zero-order chi connectivity index (χ0) is 15.6. The molecule has 0 aliphatic carbocycles. The van der Waals surface area contributed by atoms with Crippen molar-refractivity contribution in [3.8, 4) is 0 Å². The molecule has 0 radical (unpaired) electrons. The van der Waals surface area contributed by atoms with E-state index in [0.717, 1.165) is 25.2 Å². The monoisotopic (exact) mass is 314 g/mol. The first-order valence-corrected chi connectivity index (χ1v) is 9.03. The Kier molecular flexibility index (Phi) is 5.06. The summed E-state index contributed by atoms with van der Waals surface area (Å²) in [6.07, 6.45) is 0.845. The van der Waals surface area contributed by atoms with Gasteiger partial charge in [-0.2, -0.15) is 9.40 Å². The quantitative estimate of drug-likeness (QED) is 0.905. The Labute approximate surface area is 127 Å². The minimum atomic E-state index is -3.45. The van der Waals surface area contributed by atoms with Gasteiger partial charge >= 0.3 is 0 Å². The second-order valence-electron chi connectivity index (χ2n) is 6.08. The molecule has 1 saturated heterocycles. The number of rotatable bonds is 4. The van der Waals surface area contributed by atoms with Crippen molar-refractivity contribution < 1.29 is 8.42 Å². The van der Waals surface area contributed by atoms with Crippen LogP contribution in [0.25, 0.3) is 0 Å². The van der Waals surface area contributed by atoms with Crippen molar-refractivity contribution in [2.75, 3.05) is 26.2 Å². The number of aromatic nitrogens is 2. The van der Waals surface area contributed by atoms with E-state index in [1.807, 2.05) is 11.6 Å². The standard InChI is InChI=1S/C14H26N4O2S/c1-11(2)10-18-13(4)14(12(3)16-18)21(19,20)17-8-5-6-15-7-9-17/h11,15H,5-10H2,1-4H3. The van der Waals surface area contributed by atoms with Gasteiger partial charge in [0.2, 0.25) is 10.0 Å². The third kappa shape index (κ3) is 3.46. The second kappa shape index (κ2) is 6.46. The van der Waals surface area contributed by atoms with Crippen LogP contribution in [0.2, 0.25) is 0 Å². The van der Waals surface area contributed by atoms with Gasteiger partial charge in [0.25, 0.3) is 0 Å². The molecule has 1 aliphatic heterocycles. The van der Waals surface area contributed by atoms with E-state index < -0.39 is 10.0 Å². The van der Waals surface area contributed by atoms with Crippen LogP contribution in [0.4, 0.5) is 0 Å². The summed E-state index contributed by atoms with van der Waals surface area (Å²) in [6, 6.07) is 0. The first-order valence-electron chi connectivity index (χ1n) is 7.59. The van der Waals surface area contributed by atoms with Gasteiger partial charge in [0.15, 0.2) is 0 Å². The molecule has 1 aromatic rings. The average Bonchev–Trinajstić information content (AvgIpc) is 2.60. The fourth-order valence-electron chi connectivity index (χ4n) is 2.77. The third-order valence-corrected chi connectivity index (χ3v) is 5.90. The molecule has 6 nitrogen and oxygen atoms in total. The van der Waals surface area contributed by atoms with Gasteiger partial charge in [-0.25, -0.2) is 8.42 Å². The molecule has 21 heavy (non-hydrogen) atoms. The molecular formula is C14H26N4O2S. The van der Waals surface area contributed by atoms with E-state index in [1.165, 1.54) is 0 Å². The van der Waals surface area contributed by atoms with E-state index in [0.29, 0.717) is 36.1 Å². The van der Waals surface area contributed by atoms with Gasteiger partial charge in [-0.05, 0) is 32.7 Å². The molecule has 2 heterocycles. The molecule has 0 saturated carbocycles. The van der Waals surface area contributed by atoms with E-state index in [9.17, 15) is 8.42 Å². The maximum Gasteiger partial charge on any atom is 0.246 e. The molecule has 2 rings (SSSR count). The Balaban J connectivity index is 2.37. The van der Waals surface area contributed by atoms with Gasteiger partial charge in [-0.15, -0.1) is 0 Å². The topological polar surface area (TPSA) is 67.2 Å². The molecule has 1 N–H and O–H groups in total. The predicted octanol–water partition coefficient (Wildman–Crippen LogP) is 1.14. The number of sulfonamides is 1. The van der Waals surface area contributed by atoms with Crippen molar-refractivity contribution in [1.82, 2.24) is 19.4 Å². The SMILES string of the molecule is Cc1nn(CC(C)C)c(C)c1S(=O)(=O)N1CCCNCC1. The molecule has 7 heteroatoms. The fourth-order valence-corrected chi connectivity index (χ4v) is 4.62. The molecule has 120 valence electrons. The Morgan fingerprint density at radius 3 is 2.62 bits per heavy atom. The summed E-state index contributed by atoms with van der Waals surface area (Å²) >= 11 is 0. The third-order valence-electron chi connectivity index (χ3n) is 3.75. The van der Waals surface area contributed by atoms with Gasteiger partial charge in [-0.3, -0.25) is 4.68 Å². The van der Waals surface area contributed by atoms with E-state index in [1.54, 1.807) is 11.2 Å². The zero-order valence-corrected chi connectivity index (χ0v) is 14.2. The van der Waals surface area contributed by atoms with Crippen LogP contribution in [-0.2, 0) is 16.6 Å². The molecule has 0 spiro atoms. The Hall–Kier alpha value is -0.920. The van der Waals surface area contributed by atoms with Gasteiger partial charge in [0.05, 0.1) is 11.4 Å². The van der Waals surface area contributed by atoms with E-state index in [2.05, 4.69) is 24.3 Å². The number of nitrogens with one attached hydrogen (secondary N) is 1. The smallest absolute Gasteiger partial charge is 0.246 e. The number of hydrogen-bond donors (Lipinski definition) is 1. The second-order valence-corrected chi connectivity index (χ2v) is 7.96. The number of nitrogens with zero attached hydrogens (tertiary/aromatic N) is 3. The van der Waals surface area contributed by atoms with Crippen molar-refractivity contribution >= 4 is 10.0 Å². The fraction of sp³-hybridized carbons (Fsp3) is 0.786. The Morgan fingerprint density at radius 1 is 1.24 bits per heavy atom. The van der Waals surface area contributed by atoms with Crippen LogP contribution in [0.15, 0.2) is 4.90 Å². The molecular weight excluding hydrogens is 288 g/mol. The zero-order valence-electron chi connectivity index (χ0n) is 13.4. The lowest BCUT2D eigenvalue weighted by Crippen LogP contribution is -2.34. The van der Waals surface area contributed by atoms with Crippen LogP contribution < -0.4 is 5.32 Å². The van der Waals surface area contributed by atoms with Crippen molar-refractivity contribution in [3.05, 3.63) is 11.4 Å². The van der Waals surface area contributed by atoms with Crippen LogP contribution in [0.1, 0.15) is 31.7 Å². The Bertz CT molecular complexity index is 584. The summed E-state index contributed by atoms with van der Waals surface area (Å²) in [5.41, 5.74) is 1.35. The molecule has 0 amide bonds. The highest BCUT2D eigenvalue weighted by molar-refractivity contribution is 7.89. The lowest BCUT2D eigenvalue weighted by molar-refractivity contribution is 0.430. The molecule has 1 aromatic heterocycles. The maximum atomic E-state index is 12.9.